The number of rotatable bonds is 8. The second-order valence-corrected chi connectivity index (χ2v) is 9.87. The van der Waals surface area contributed by atoms with Crippen LogP contribution in [0.2, 0.25) is 0 Å². The quantitative estimate of drug-likeness (QED) is 0.352. The third-order valence-electron chi connectivity index (χ3n) is 7.18. The standard InChI is InChI=1S/C30H33N5O2/c1-34(29(37)24-11-6-3-7-12-24)21-23-14-15-26-27(19-23)35(18-16-22-9-4-2-5-10-22)30(32-26)33-28(36)25-13-8-17-31-20-25/h2,4-5,8-10,13-15,17,19-20,24H,3,6-7,11-12,16,18,21H2,1H3,(H,32,33,36). The fourth-order valence-corrected chi connectivity index (χ4v) is 5.16. The maximum absolute atomic E-state index is 13.0. The number of hydrogen-bond donors (Lipinski definition) is 1. The van der Waals surface area contributed by atoms with E-state index in [0.29, 0.717) is 24.6 Å². The largest absolute Gasteiger partial charge is 0.341 e. The van der Waals surface area contributed by atoms with Crippen molar-refractivity contribution in [2.24, 2.45) is 5.92 Å². The Hall–Kier alpha value is -4.00. The monoisotopic (exact) mass is 495 g/mol. The van der Waals surface area contributed by atoms with Crippen molar-refractivity contribution in [3.05, 3.63) is 89.7 Å². The summed E-state index contributed by atoms with van der Waals surface area (Å²) in [5, 5.41) is 2.98. The van der Waals surface area contributed by atoms with E-state index in [2.05, 4.69) is 33.1 Å². The molecule has 2 amide bonds. The van der Waals surface area contributed by atoms with Crippen molar-refractivity contribution in [2.75, 3.05) is 12.4 Å². The van der Waals surface area contributed by atoms with Crippen LogP contribution >= 0.6 is 0 Å². The highest BCUT2D eigenvalue weighted by molar-refractivity contribution is 6.03. The Morgan fingerprint density at radius 1 is 1.00 bits per heavy atom. The Balaban J connectivity index is 1.41. The number of anilines is 1. The first-order valence-corrected chi connectivity index (χ1v) is 13.1. The smallest absolute Gasteiger partial charge is 0.259 e. The average molecular weight is 496 g/mol. The minimum Gasteiger partial charge on any atom is -0.341 e. The number of benzene rings is 2. The van der Waals surface area contributed by atoms with Gasteiger partial charge in [0.25, 0.3) is 5.91 Å². The average Bonchev–Trinajstić information content (AvgIpc) is 3.28. The molecule has 1 aliphatic carbocycles. The summed E-state index contributed by atoms with van der Waals surface area (Å²) in [6, 6.07) is 19.8. The molecule has 0 bridgehead atoms. The van der Waals surface area contributed by atoms with Gasteiger partial charge in [-0.1, -0.05) is 55.7 Å². The molecule has 7 nitrogen and oxygen atoms in total. The minimum atomic E-state index is -0.248. The number of carbonyl (C=O) groups excluding carboxylic acids is 2. The fourth-order valence-electron chi connectivity index (χ4n) is 5.16. The van der Waals surface area contributed by atoms with E-state index in [4.69, 9.17) is 4.98 Å². The lowest BCUT2D eigenvalue weighted by atomic mass is 9.88. The number of nitrogens with zero attached hydrogens (tertiary/aromatic N) is 4. The van der Waals surface area contributed by atoms with Crippen LogP contribution in [0.4, 0.5) is 5.95 Å². The van der Waals surface area contributed by atoms with Gasteiger partial charge in [0.15, 0.2) is 0 Å². The summed E-state index contributed by atoms with van der Waals surface area (Å²) >= 11 is 0. The molecule has 0 unspecified atom stereocenters. The van der Waals surface area contributed by atoms with Crippen molar-refractivity contribution in [1.82, 2.24) is 19.4 Å². The van der Waals surface area contributed by atoms with Crippen LogP contribution in [-0.2, 0) is 24.3 Å². The first-order valence-electron chi connectivity index (χ1n) is 13.1. The summed E-state index contributed by atoms with van der Waals surface area (Å²) in [6.07, 6.45) is 9.49. The lowest BCUT2D eigenvalue weighted by Crippen LogP contribution is -2.33. The molecule has 2 aromatic carbocycles. The summed E-state index contributed by atoms with van der Waals surface area (Å²) in [5.74, 6) is 0.640. The van der Waals surface area contributed by atoms with E-state index in [1.807, 2.05) is 42.3 Å². The highest BCUT2D eigenvalue weighted by Crippen LogP contribution is 2.27. The van der Waals surface area contributed by atoms with Crippen molar-refractivity contribution < 1.29 is 9.59 Å². The molecule has 1 N–H and O–H groups in total. The fraction of sp³-hybridized carbons (Fsp3) is 0.333. The van der Waals surface area contributed by atoms with Crippen molar-refractivity contribution in [3.8, 4) is 0 Å². The van der Waals surface area contributed by atoms with E-state index in [-0.39, 0.29) is 17.7 Å². The highest BCUT2D eigenvalue weighted by Gasteiger charge is 2.24. The summed E-state index contributed by atoms with van der Waals surface area (Å²) in [6.45, 7) is 1.20. The molecular weight excluding hydrogens is 462 g/mol. The molecule has 0 aliphatic heterocycles. The normalized spacial score (nSPS) is 14.0. The van der Waals surface area contributed by atoms with Crippen molar-refractivity contribution in [1.29, 1.82) is 0 Å². The molecule has 1 fully saturated rings. The van der Waals surface area contributed by atoms with Gasteiger partial charge in [-0.2, -0.15) is 0 Å². The van der Waals surface area contributed by atoms with Crippen LogP contribution in [0, 0.1) is 5.92 Å². The zero-order valence-electron chi connectivity index (χ0n) is 21.3. The summed E-state index contributed by atoms with van der Waals surface area (Å²) in [7, 11) is 1.90. The number of nitrogens with one attached hydrogen (secondary N) is 1. The van der Waals surface area contributed by atoms with Gasteiger partial charge >= 0.3 is 0 Å². The van der Waals surface area contributed by atoms with Gasteiger partial charge in [-0.25, -0.2) is 4.98 Å². The van der Waals surface area contributed by atoms with Crippen LogP contribution in [0.25, 0.3) is 11.0 Å². The number of hydrogen-bond acceptors (Lipinski definition) is 4. The molecule has 190 valence electrons. The number of imidazole rings is 1. The molecule has 0 atom stereocenters. The first kappa shape index (κ1) is 24.7. The molecule has 1 saturated carbocycles. The molecular formula is C30H33N5O2. The molecule has 0 saturated heterocycles. The van der Waals surface area contributed by atoms with Crippen LogP contribution in [0.5, 0.6) is 0 Å². The Morgan fingerprint density at radius 2 is 1.81 bits per heavy atom. The lowest BCUT2D eigenvalue weighted by molar-refractivity contribution is -0.135. The molecule has 5 rings (SSSR count). The predicted molar refractivity (Wildman–Crippen MR) is 145 cm³/mol. The van der Waals surface area contributed by atoms with E-state index >= 15 is 0 Å². The van der Waals surface area contributed by atoms with E-state index in [9.17, 15) is 9.59 Å². The SMILES string of the molecule is CN(Cc1ccc2nc(NC(=O)c3cccnc3)n(CCc3ccccc3)c2c1)C(=O)C1CCCCC1. The van der Waals surface area contributed by atoms with E-state index in [1.54, 1.807) is 24.5 Å². The summed E-state index contributed by atoms with van der Waals surface area (Å²) < 4.78 is 2.06. The van der Waals surface area contributed by atoms with Crippen LogP contribution in [0.15, 0.2) is 73.1 Å². The molecule has 7 heteroatoms. The summed E-state index contributed by atoms with van der Waals surface area (Å²) in [4.78, 5) is 36.6. The zero-order valence-corrected chi connectivity index (χ0v) is 21.3. The van der Waals surface area contributed by atoms with Gasteiger partial charge in [-0.3, -0.25) is 19.9 Å². The Labute approximate surface area is 217 Å². The number of amides is 2. The Kier molecular flexibility index (Phi) is 7.59. The van der Waals surface area contributed by atoms with Crippen molar-refractivity contribution in [3.63, 3.8) is 0 Å². The second kappa shape index (κ2) is 11.4. The van der Waals surface area contributed by atoms with Crippen LogP contribution in [-0.4, -0.2) is 38.3 Å². The zero-order chi connectivity index (χ0) is 25.6. The third kappa shape index (κ3) is 5.88. The van der Waals surface area contributed by atoms with Crippen molar-refractivity contribution >= 4 is 28.8 Å². The van der Waals surface area contributed by atoms with E-state index in [1.165, 1.54) is 12.0 Å². The third-order valence-corrected chi connectivity index (χ3v) is 7.18. The second-order valence-electron chi connectivity index (χ2n) is 9.87. The first-order chi connectivity index (χ1) is 18.1. The van der Waals surface area contributed by atoms with Crippen LogP contribution in [0.3, 0.4) is 0 Å². The molecule has 37 heavy (non-hydrogen) atoms. The number of aryl methyl sites for hydroxylation is 2. The van der Waals surface area contributed by atoms with Gasteiger partial charge in [-0.05, 0) is 54.7 Å². The Bertz CT molecular complexity index is 1360. The number of pyridine rings is 1. The van der Waals surface area contributed by atoms with Crippen molar-refractivity contribution in [2.45, 2.75) is 51.6 Å². The van der Waals surface area contributed by atoms with Gasteiger partial charge in [-0.15, -0.1) is 0 Å². The van der Waals surface area contributed by atoms with Gasteiger partial charge in [0, 0.05) is 38.4 Å². The number of carbonyl (C=O) groups is 2. The number of fused-ring (bicyclic) bond motifs is 1. The molecule has 2 aromatic heterocycles. The lowest BCUT2D eigenvalue weighted by Gasteiger charge is -2.26. The van der Waals surface area contributed by atoms with Crippen LogP contribution < -0.4 is 5.32 Å². The van der Waals surface area contributed by atoms with Crippen LogP contribution in [0.1, 0.15) is 53.6 Å². The topological polar surface area (TPSA) is 80.1 Å². The molecule has 1 aliphatic rings. The van der Waals surface area contributed by atoms with Gasteiger partial charge in [0.1, 0.15) is 0 Å². The van der Waals surface area contributed by atoms with Gasteiger partial charge in [0.05, 0.1) is 16.6 Å². The highest BCUT2D eigenvalue weighted by atomic mass is 16.2. The molecule has 0 spiro atoms. The van der Waals surface area contributed by atoms with E-state index in [0.717, 1.165) is 48.7 Å². The van der Waals surface area contributed by atoms with E-state index < -0.39 is 0 Å². The minimum absolute atomic E-state index is 0.146. The maximum atomic E-state index is 13.0. The van der Waals surface area contributed by atoms with Gasteiger partial charge in [0.2, 0.25) is 11.9 Å². The molecule has 4 aromatic rings. The Morgan fingerprint density at radius 3 is 2.57 bits per heavy atom. The number of aromatic nitrogens is 3. The molecule has 0 radical (unpaired) electrons. The summed E-state index contributed by atoms with van der Waals surface area (Å²) in [5.41, 5.74) is 4.48. The van der Waals surface area contributed by atoms with Gasteiger partial charge < -0.3 is 9.47 Å². The molecule has 2 heterocycles. The maximum Gasteiger partial charge on any atom is 0.259 e. The predicted octanol–water partition coefficient (Wildman–Crippen LogP) is 5.47.